The normalized spacial score (nSPS) is 14.9. The molecule has 0 spiro atoms. The Kier molecular flexibility index (Phi) is 5.85. The second kappa shape index (κ2) is 6.94. The molecule has 1 aromatic rings. The fraction of sp³-hybridized carbons (Fsp3) is 0.500. The lowest BCUT2D eigenvalue weighted by atomic mass is 10.3. The highest BCUT2D eigenvalue weighted by Crippen LogP contribution is 2.16. The van der Waals surface area contributed by atoms with E-state index in [1.54, 1.807) is 19.2 Å². The van der Waals surface area contributed by atoms with Crippen LogP contribution in [0.1, 0.15) is 13.3 Å². The predicted molar refractivity (Wildman–Crippen MR) is 75.4 cm³/mol. The minimum atomic E-state index is -3.75. The first kappa shape index (κ1) is 16.0. The van der Waals surface area contributed by atoms with Gasteiger partial charge in [-0.1, -0.05) is 0 Å². The molecule has 0 radical (unpaired) electrons. The lowest BCUT2D eigenvalue weighted by molar-refractivity contribution is 0.552. The molecule has 0 aromatic carbocycles. The Morgan fingerprint density at radius 3 is 2.79 bits per heavy atom. The maximum atomic E-state index is 12.1. The van der Waals surface area contributed by atoms with Gasteiger partial charge >= 0.3 is 0 Å². The molecular formula is C10H18N4O3S2. The van der Waals surface area contributed by atoms with Crippen LogP contribution in [0.25, 0.3) is 0 Å². The summed E-state index contributed by atoms with van der Waals surface area (Å²) in [6, 6.07) is 2.77. The molecule has 0 bridgehead atoms. The molecule has 7 nitrogen and oxygen atoms in total. The van der Waals surface area contributed by atoms with Crippen molar-refractivity contribution in [3.8, 4) is 0 Å². The number of hydrogen-bond acceptors (Lipinski definition) is 6. The average molecular weight is 306 g/mol. The predicted octanol–water partition coefficient (Wildman–Crippen LogP) is -0.197. The molecule has 0 aliphatic rings. The number of pyridine rings is 1. The SMILES string of the molecule is CC(CCS(C)=O)NS(=O)(=O)c1ncccc1NN. The molecular weight excluding hydrogens is 288 g/mol. The van der Waals surface area contributed by atoms with E-state index < -0.39 is 20.8 Å². The second-order valence-corrected chi connectivity index (χ2v) is 7.27. The highest BCUT2D eigenvalue weighted by atomic mass is 32.2. The van der Waals surface area contributed by atoms with Crippen molar-refractivity contribution in [2.24, 2.45) is 5.84 Å². The van der Waals surface area contributed by atoms with Crippen molar-refractivity contribution in [3.05, 3.63) is 18.3 Å². The average Bonchev–Trinajstić information content (AvgIpc) is 2.35. The van der Waals surface area contributed by atoms with Gasteiger partial charge in [0.15, 0.2) is 5.03 Å². The standard InChI is InChI=1S/C10H18N4O3S2/c1-8(5-7-18(2)15)14-19(16,17)10-9(13-11)4-3-6-12-10/h3-4,6,8,13-14H,5,7,11H2,1-2H3. The van der Waals surface area contributed by atoms with Crippen molar-refractivity contribution in [2.75, 3.05) is 17.4 Å². The fourth-order valence-electron chi connectivity index (χ4n) is 1.44. The van der Waals surface area contributed by atoms with Gasteiger partial charge in [0.05, 0.1) is 5.69 Å². The van der Waals surface area contributed by atoms with Crippen LogP contribution in [0, 0.1) is 0 Å². The fourth-order valence-corrected chi connectivity index (χ4v) is 3.50. The number of nitrogens with two attached hydrogens (primary N) is 1. The molecule has 9 heteroatoms. The van der Waals surface area contributed by atoms with E-state index in [4.69, 9.17) is 5.84 Å². The number of sulfonamides is 1. The number of nitrogens with zero attached hydrogens (tertiary/aromatic N) is 1. The summed E-state index contributed by atoms with van der Waals surface area (Å²) in [7, 11) is -4.70. The highest BCUT2D eigenvalue weighted by molar-refractivity contribution is 7.89. The van der Waals surface area contributed by atoms with Crippen LogP contribution in [0.15, 0.2) is 23.4 Å². The number of rotatable bonds is 7. The van der Waals surface area contributed by atoms with E-state index in [0.717, 1.165) is 0 Å². The number of aromatic nitrogens is 1. The monoisotopic (exact) mass is 306 g/mol. The van der Waals surface area contributed by atoms with Crippen molar-refractivity contribution in [1.29, 1.82) is 0 Å². The van der Waals surface area contributed by atoms with E-state index in [1.807, 2.05) is 0 Å². The number of hydrogen-bond donors (Lipinski definition) is 3. The molecule has 1 heterocycles. The van der Waals surface area contributed by atoms with E-state index in [-0.39, 0.29) is 16.8 Å². The minimum absolute atomic E-state index is 0.151. The molecule has 1 aromatic heterocycles. The lowest BCUT2D eigenvalue weighted by Crippen LogP contribution is -2.34. The molecule has 0 amide bonds. The van der Waals surface area contributed by atoms with Gasteiger partial charge in [-0.25, -0.2) is 18.1 Å². The molecule has 19 heavy (non-hydrogen) atoms. The summed E-state index contributed by atoms with van der Waals surface area (Å²) in [5.74, 6) is 5.69. The van der Waals surface area contributed by atoms with Crippen LogP contribution in [0.3, 0.4) is 0 Å². The first-order valence-electron chi connectivity index (χ1n) is 5.61. The number of anilines is 1. The Bertz CT molecular complexity index is 547. The van der Waals surface area contributed by atoms with Gasteiger partial charge in [-0.2, -0.15) is 0 Å². The van der Waals surface area contributed by atoms with Crippen molar-refractivity contribution < 1.29 is 12.6 Å². The molecule has 0 saturated carbocycles. The third-order valence-corrected chi connectivity index (χ3v) is 4.73. The maximum absolute atomic E-state index is 12.1. The molecule has 0 aliphatic heterocycles. The molecule has 2 unspecified atom stereocenters. The van der Waals surface area contributed by atoms with Crippen LogP contribution < -0.4 is 16.0 Å². The quantitative estimate of drug-likeness (QED) is 0.475. The highest BCUT2D eigenvalue weighted by Gasteiger charge is 2.22. The minimum Gasteiger partial charge on any atom is -0.321 e. The van der Waals surface area contributed by atoms with Crippen LogP contribution in [0.2, 0.25) is 0 Å². The molecule has 0 fully saturated rings. The van der Waals surface area contributed by atoms with Crippen LogP contribution in [-0.2, 0) is 20.8 Å². The maximum Gasteiger partial charge on any atom is 0.260 e. The van der Waals surface area contributed by atoms with Gasteiger partial charge in [-0.3, -0.25) is 10.1 Å². The van der Waals surface area contributed by atoms with Gasteiger partial charge < -0.3 is 5.43 Å². The van der Waals surface area contributed by atoms with Crippen LogP contribution >= 0.6 is 0 Å². The second-order valence-electron chi connectivity index (χ2n) is 4.09. The van der Waals surface area contributed by atoms with E-state index >= 15 is 0 Å². The molecule has 108 valence electrons. The summed E-state index contributed by atoms with van der Waals surface area (Å²) in [5.41, 5.74) is 2.52. The Labute approximate surface area is 115 Å². The van der Waals surface area contributed by atoms with Gasteiger partial charge in [0.25, 0.3) is 10.0 Å². The molecule has 0 aliphatic carbocycles. The third kappa shape index (κ3) is 4.86. The first-order chi connectivity index (χ1) is 8.86. The van der Waals surface area contributed by atoms with Crippen molar-refractivity contribution >= 4 is 26.5 Å². The smallest absolute Gasteiger partial charge is 0.260 e. The Morgan fingerprint density at radius 2 is 2.21 bits per heavy atom. The number of hydrazine groups is 1. The topological polar surface area (TPSA) is 114 Å². The van der Waals surface area contributed by atoms with Gasteiger partial charge in [-0.05, 0) is 25.5 Å². The Morgan fingerprint density at radius 1 is 1.53 bits per heavy atom. The largest absolute Gasteiger partial charge is 0.321 e. The summed E-state index contributed by atoms with van der Waals surface area (Å²) < 4.78 is 37.7. The first-order valence-corrected chi connectivity index (χ1v) is 8.82. The Balaban J connectivity index is 2.83. The van der Waals surface area contributed by atoms with Gasteiger partial charge in [0, 0.05) is 35.0 Å². The van der Waals surface area contributed by atoms with E-state index in [0.29, 0.717) is 12.2 Å². The zero-order valence-electron chi connectivity index (χ0n) is 10.8. The van der Waals surface area contributed by atoms with E-state index in [2.05, 4.69) is 15.1 Å². The van der Waals surface area contributed by atoms with Crippen LogP contribution in [0.4, 0.5) is 5.69 Å². The summed E-state index contributed by atoms with van der Waals surface area (Å²) in [6.45, 7) is 1.71. The number of nitrogens with one attached hydrogen (secondary N) is 2. The lowest BCUT2D eigenvalue weighted by Gasteiger charge is -2.14. The van der Waals surface area contributed by atoms with Gasteiger partial charge in [0.1, 0.15) is 0 Å². The molecule has 4 N–H and O–H groups in total. The summed E-state index contributed by atoms with van der Waals surface area (Å²) in [4.78, 5) is 3.82. The molecule has 0 saturated heterocycles. The van der Waals surface area contributed by atoms with Crippen LogP contribution in [0.5, 0.6) is 0 Å². The third-order valence-electron chi connectivity index (χ3n) is 2.38. The van der Waals surface area contributed by atoms with Crippen molar-refractivity contribution in [1.82, 2.24) is 9.71 Å². The van der Waals surface area contributed by atoms with Gasteiger partial charge in [-0.15, -0.1) is 0 Å². The zero-order chi connectivity index (χ0) is 14.5. The molecule has 2 atom stereocenters. The van der Waals surface area contributed by atoms with Gasteiger partial charge in [0.2, 0.25) is 0 Å². The van der Waals surface area contributed by atoms with E-state index in [9.17, 15) is 12.6 Å². The summed E-state index contributed by atoms with van der Waals surface area (Å²) in [6.07, 6.45) is 3.44. The summed E-state index contributed by atoms with van der Waals surface area (Å²) >= 11 is 0. The Hall–Kier alpha value is -1.03. The zero-order valence-corrected chi connectivity index (χ0v) is 12.4. The summed E-state index contributed by atoms with van der Waals surface area (Å²) in [5, 5.41) is -0.151. The number of nitrogen functional groups attached to an aromatic ring is 1. The van der Waals surface area contributed by atoms with Crippen molar-refractivity contribution in [2.45, 2.75) is 24.4 Å². The van der Waals surface area contributed by atoms with Crippen LogP contribution in [-0.4, -0.2) is 35.7 Å². The molecule has 1 rings (SSSR count). The van der Waals surface area contributed by atoms with Crippen molar-refractivity contribution in [3.63, 3.8) is 0 Å². The van der Waals surface area contributed by atoms with E-state index in [1.165, 1.54) is 12.3 Å².